The number of carbonyl (C=O) groups is 3. The molecule has 8 nitrogen and oxygen atoms in total. The Morgan fingerprint density at radius 3 is 2.61 bits per heavy atom. The van der Waals surface area contributed by atoms with E-state index in [0.717, 1.165) is 10.5 Å². The molecule has 1 unspecified atom stereocenters. The standard InChI is InChI=1S/C23H22N4O4/c1-15(2)14-31-19-9-7-17(8-10-19)23(3)21(29)27(22(30)26-23)13-20(28)25-18-6-4-5-16(11-18)12-24/h4-11H,1,13-14H2,2-3H3,(H,25,28)(H,26,30). The zero-order chi connectivity index (χ0) is 22.6. The molecule has 2 N–H and O–H groups in total. The Bertz CT molecular complexity index is 1090. The van der Waals surface area contributed by atoms with E-state index in [1.54, 1.807) is 49.4 Å². The van der Waals surface area contributed by atoms with Gasteiger partial charge in [0.05, 0.1) is 11.6 Å². The van der Waals surface area contributed by atoms with Gasteiger partial charge in [-0.2, -0.15) is 5.26 Å². The van der Waals surface area contributed by atoms with E-state index in [1.165, 1.54) is 6.07 Å². The van der Waals surface area contributed by atoms with Crippen LogP contribution in [-0.2, 0) is 15.1 Å². The number of amides is 4. The number of carbonyl (C=O) groups excluding carboxylic acids is 3. The van der Waals surface area contributed by atoms with E-state index < -0.39 is 29.9 Å². The highest BCUT2D eigenvalue weighted by atomic mass is 16.5. The maximum atomic E-state index is 13.0. The highest BCUT2D eigenvalue weighted by molar-refractivity contribution is 6.10. The molecule has 0 aromatic heterocycles. The van der Waals surface area contributed by atoms with Crippen LogP contribution in [0.1, 0.15) is 25.0 Å². The van der Waals surface area contributed by atoms with Crippen molar-refractivity contribution in [2.24, 2.45) is 0 Å². The fourth-order valence-electron chi connectivity index (χ4n) is 3.14. The Hall–Kier alpha value is -4.12. The smallest absolute Gasteiger partial charge is 0.325 e. The third kappa shape index (κ3) is 4.73. The van der Waals surface area contributed by atoms with E-state index >= 15 is 0 Å². The number of urea groups is 1. The molecule has 2 aromatic carbocycles. The number of rotatable bonds is 7. The molecule has 158 valence electrons. The number of benzene rings is 2. The molecule has 3 rings (SSSR count). The van der Waals surface area contributed by atoms with Crippen LogP contribution in [0.5, 0.6) is 5.75 Å². The quantitative estimate of drug-likeness (QED) is 0.530. The molecular weight excluding hydrogens is 396 g/mol. The number of nitrogens with one attached hydrogen (secondary N) is 2. The van der Waals surface area contributed by atoms with E-state index in [-0.39, 0.29) is 0 Å². The Morgan fingerprint density at radius 1 is 1.26 bits per heavy atom. The maximum Gasteiger partial charge on any atom is 0.325 e. The molecular formula is C23H22N4O4. The van der Waals surface area contributed by atoms with Crippen LogP contribution < -0.4 is 15.4 Å². The van der Waals surface area contributed by atoms with Gasteiger partial charge in [-0.05, 0) is 55.3 Å². The fraction of sp³-hybridized carbons (Fsp3) is 0.217. The van der Waals surface area contributed by atoms with Crippen molar-refractivity contribution in [3.8, 4) is 11.8 Å². The van der Waals surface area contributed by atoms with Crippen molar-refractivity contribution in [1.29, 1.82) is 5.26 Å². The minimum absolute atomic E-state index is 0.381. The van der Waals surface area contributed by atoms with Gasteiger partial charge in [-0.1, -0.05) is 24.8 Å². The largest absolute Gasteiger partial charge is 0.489 e. The van der Waals surface area contributed by atoms with Gasteiger partial charge in [0.15, 0.2) is 0 Å². The van der Waals surface area contributed by atoms with Gasteiger partial charge in [0.2, 0.25) is 5.91 Å². The Morgan fingerprint density at radius 2 is 1.97 bits per heavy atom. The summed E-state index contributed by atoms with van der Waals surface area (Å²) in [6, 6.07) is 14.5. The van der Waals surface area contributed by atoms with Crippen molar-refractivity contribution < 1.29 is 19.1 Å². The molecule has 0 spiro atoms. The second kappa shape index (κ2) is 8.71. The van der Waals surface area contributed by atoms with Crippen LogP contribution in [0.2, 0.25) is 0 Å². The average Bonchev–Trinajstić information content (AvgIpc) is 2.96. The van der Waals surface area contributed by atoms with E-state index in [4.69, 9.17) is 10.00 Å². The average molecular weight is 418 g/mol. The van der Waals surface area contributed by atoms with Gasteiger partial charge in [0.25, 0.3) is 5.91 Å². The maximum absolute atomic E-state index is 13.0. The predicted octanol–water partition coefficient (Wildman–Crippen LogP) is 2.92. The Kier molecular flexibility index (Phi) is 6.07. The van der Waals surface area contributed by atoms with Crippen LogP contribution in [0, 0.1) is 11.3 Å². The number of ether oxygens (including phenoxy) is 1. The van der Waals surface area contributed by atoms with Gasteiger partial charge >= 0.3 is 6.03 Å². The molecule has 1 aliphatic rings. The summed E-state index contributed by atoms with van der Waals surface area (Å²) in [4.78, 5) is 38.7. The third-order valence-electron chi connectivity index (χ3n) is 4.77. The van der Waals surface area contributed by atoms with Gasteiger partial charge < -0.3 is 15.4 Å². The predicted molar refractivity (Wildman–Crippen MR) is 114 cm³/mol. The summed E-state index contributed by atoms with van der Waals surface area (Å²) >= 11 is 0. The van der Waals surface area contributed by atoms with Crippen molar-refractivity contribution in [3.05, 3.63) is 71.8 Å². The first-order chi connectivity index (χ1) is 14.7. The highest BCUT2D eigenvalue weighted by Gasteiger charge is 2.49. The van der Waals surface area contributed by atoms with Crippen LogP contribution >= 0.6 is 0 Å². The van der Waals surface area contributed by atoms with Crippen molar-refractivity contribution in [2.75, 3.05) is 18.5 Å². The van der Waals surface area contributed by atoms with Crippen molar-refractivity contribution in [3.63, 3.8) is 0 Å². The molecule has 0 bridgehead atoms. The summed E-state index contributed by atoms with van der Waals surface area (Å²) in [5, 5.41) is 14.2. The molecule has 0 aliphatic carbocycles. The lowest BCUT2D eigenvalue weighted by Crippen LogP contribution is -2.42. The molecule has 1 saturated heterocycles. The number of nitrogens with zero attached hydrogens (tertiary/aromatic N) is 2. The monoisotopic (exact) mass is 418 g/mol. The van der Waals surface area contributed by atoms with Crippen molar-refractivity contribution >= 4 is 23.5 Å². The molecule has 1 fully saturated rings. The van der Waals surface area contributed by atoms with Gasteiger partial charge in [-0.3, -0.25) is 14.5 Å². The second-order valence-electron chi connectivity index (χ2n) is 7.46. The van der Waals surface area contributed by atoms with E-state index in [9.17, 15) is 14.4 Å². The van der Waals surface area contributed by atoms with Crippen LogP contribution in [0.25, 0.3) is 0 Å². The van der Waals surface area contributed by atoms with Gasteiger partial charge in [-0.15, -0.1) is 0 Å². The fourth-order valence-corrected chi connectivity index (χ4v) is 3.14. The lowest BCUT2D eigenvalue weighted by atomic mass is 9.92. The SMILES string of the molecule is C=C(C)COc1ccc(C2(C)NC(=O)N(CC(=O)Nc3cccc(C#N)c3)C2=O)cc1. The first kappa shape index (κ1) is 21.6. The normalized spacial score (nSPS) is 17.6. The molecule has 2 aromatic rings. The second-order valence-corrected chi connectivity index (χ2v) is 7.46. The molecule has 31 heavy (non-hydrogen) atoms. The first-order valence-electron chi connectivity index (χ1n) is 9.55. The van der Waals surface area contributed by atoms with Crippen LogP contribution in [0.3, 0.4) is 0 Å². The van der Waals surface area contributed by atoms with E-state index in [0.29, 0.717) is 29.2 Å². The van der Waals surface area contributed by atoms with Crippen LogP contribution in [-0.4, -0.2) is 35.9 Å². The molecule has 8 heteroatoms. The van der Waals surface area contributed by atoms with Gasteiger partial charge in [0.1, 0.15) is 24.4 Å². The molecule has 1 aliphatic heterocycles. The number of nitriles is 1. The Labute approximate surface area is 180 Å². The van der Waals surface area contributed by atoms with Gasteiger partial charge in [-0.25, -0.2) is 4.79 Å². The lowest BCUT2D eigenvalue weighted by Gasteiger charge is -2.22. The van der Waals surface area contributed by atoms with Gasteiger partial charge in [0, 0.05) is 5.69 Å². The number of hydrogen-bond donors (Lipinski definition) is 2. The highest BCUT2D eigenvalue weighted by Crippen LogP contribution is 2.30. The minimum Gasteiger partial charge on any atom is -0.489 e. The summed E-state index contributed by atoms with van der Waals surface area (Å²) < 4.78 is 5.56. The van der Waals surface area contributed by atoms with Crippen molar-refractivity contribution in [2.45, 2.75) is 19.4 Å². The summed E-state index contributed by atoms with van der Waals surface area (Å²) in [7, 11) is 0. The zero-order valence-electron chi connectivity index (χ0n) is 17.3. The molecule has 1 heterocycles. The van der Waals surface area contributed by atoms with Crippen LogP contribution in [0.15, 0.2) is 60.7 Å². The molecule has 0 saturated carbocycles. The van der Waals surface area contributed by atoms with E-state index in [2.05, 4.69) is 17.2 Å². The zero-order valence-corrected chi connectivity index (χ0v) is 17.3. The summed E-state index contributed by atoms with van der Waals surface area (Å²) in [6.07, 6.45) is 0. The number of anilines is 1. The summed E-state index contributed by atoms with van der Waals surface area (Å²) in [5.41, 5.74) is 0.936. The van der Waals surface area contributed by atoms with Crippen molar-refractivity contribution in [1.82, 2.24) is 10.2 Å². The minimum atomic E-state index is -1.30. The lowest BCUT2D eigenvalue weighted by molar-refractivity contribution is -0.133. The number of imide groups is 1. The van der Waals surface area contributed by atoms with E-state index in [1.807, 2.05) is 13.0 Å². The molecule has 1 atom stereocenters. The number of hydrogen-bond acceptors (Lipinski definition) is 5. The molecule has 4 amide bonds. The first-order valence-corrected chi connectivity index (χ1v) is 9.55. The third-order valence-corrected chi connectivity index (χ3v) is 4.77. The topological polar surface area (TPSA) is 112 Å². The molecule has 0 radical (unpaired) electrons. The Balaban J connectivity index is 1.70. The summed E-state index contributed by atoms with van der Waals surface area (Å²) in [6.45, 7) is 7.15. The summed E-state index contributed by atoms with van der Waals surface area (Å²) in [5.74, 6) is -0.469. The van der Waals surface area contributed by atoms with Crippen LogP contribution in [0.4, 0.5) is 10.5 Å².